The van der Waals surface area contributed by atoms with Crippen molar-refractivity contribution in [1.29, 1.82) is 0 Å². The molecule has 0 spiro atoms. The number of fused-ring (bicyclic) bond motifs is 1. The Hall–Kier alpha value is -0.280. The third-order valence-corrected chi connectivity index (χ3v) is 5.03. The van der Waals surface area contributed by atoms with Crippen LogP contribution in [0.4, 0.5) is 0 Å². The molecule has 1 heterocycles. The van der Waals surface area contributed by atoms with E-state index >= 15 is 0 Å². The molecule has 0 unspecified atom stereocenters. The van der Waals surface area contributed by atoms with Crippen LogP contribution in [0.5, 0.6) is 0 Å². The maximum absolute atomic E-state index is 6.28. The predicted molar refractivity (Wildman–Crippen MR) is 71.7 cm³/mol. The smallest absolute Gasteiger partial charge is 0.0585 e. The average molecular weight is 272 g/mol. The van der Waals surface area contributed by atoms with Crippen LogP contribution in [0.15, 0.2) is 12.1 Å². The summed E-state index contributed by atoms with van der Waals surface area (Å²) in [4.78, 5) is 1.24. The molecule has 1 aliphatic carbocycles. The van der Waals surface area contributed by atoms with Crippen molar-refractivity contribution in [3.05, 3.63) is 32.6 Å². The Bertz CT molecular complexity index is 558. The quantitative estimate of drug-likeness (QED) is 0.853. The summed E-state index contributed by atoms with van der Waals surface area (Å²) in [6.07, 6.45) is 2.50. The first-order valence-corrected chi connectivity index (χ1v) is 6.89. The van der Waals surface area contributed by atoms with E-state index in [4.69, 9.17) is 28.9 Å². The highest BCUT2D eigenvalue weighted by Gasteiger charge is 2.30. The van der Waals surface area contributed by atoms with Crippen LogP contribution in [0.3, 0.4) is 0 Å². The number of halogens is 2. The summed E-state index contributed by atoms with van der Waals surface area (Å²) in [6.45, 7) is 0.581. The molecule has 2 aromatic rings. The molecule has 0 aliphatic heterocycles. The number of benzene rings is 1. The number of nitrogens with two attached hydrogens (primary N) is 1. The predicted octanol–water partition coefficient (Wildman–Crippen LogP) is 4.54. The van der Waals surface area contributed by atoms with Gasteiger partial charge >= 0.3 is 0 Å². The summed E-state index contributed by atoms with van der Waals surface area (Å²) >= 11 is 14.2. The third-order valence-electron chi connectivity index (χ3n) is 3.02. The first-order chi connectivity index (χ1) is 7.72. The van der Waals surface area contributed by atoms with E-state index in [1.807, 2.05) is 12.1 Å². The highest BCUT2D eigenvalue weighted by Crippen LogP contribution is 2.50. The normalized spacial score (nSPS) is 15.9. The second-order valence-corrected chi connectivity index (χ2v) is 6.07. The van der Waals surface area contributed by atoms with Gasteiger partial charge in [0.25, 0.3) is 0 Å². The molecular formula is C12H11Cl2NS. The molecule has 16 heavy (non-hydrogen) atoms. The summed E-state index contributed by atoms with van der Waals surface area (Å²) in [7, 11) is 0. The number of hydrogen-bond acceptors (Lipinski definition) is 2. The van der Waals surface area contributed by atoms with Crippen LogP contribution >= 0.6 is 34.5 Å². The monoisotopic (exact) mass is 271 g/mol. The zero-order valence-electron chi connectivity index (χ0n) is 8.59. The van der Waals surface area contributed by atoms with Gasteiger partial charge in [0.15, 0.2) is 0 Å². The van der Waals surface area contributed by atoms with E-state index in [-0.39, 0.29) is 0 Å². The van der Waals surface area contributed by atoms with E-state index in [0.29, 0.717) is 12.5 Å². The fourth-order valence-corrected chi connectivity index (χ4v) is 3.94. The lowest BCUT2D eigenvalue weighted by Crippen LogP contribution is -1.96. The van der Waals surface area contributed by atoms with Crippen molar-refractivity contribution < 1.29 is 0 Å². The molecule has 3 rings (SSSR count). The summed E-state index contributed by atoms with van der Waals surface area (Å²) < 4.78 is 1.09. The fraction of sp³-hybridized carbons (Fsp3) is 0.333. The van der Waals surface area contributed by atoms with Gasteiger partial charge in [-0.1, -0.05) is 23.2 Å². The second kappa shape index (κ2) is 3.88. The van der Waals surface area contributed by atoms with Gasteiger partial charge in [-0.15, -0.1) is 11.3 Å². The SMILES string of the molecule is NCc1sc2c(Cl)ccc(Cl)c2c1C1CC1. The average Bonchev–Trinajstić information content (AvgIpc) is 3.03. The van der Waals surface area contributed by atoms with E-state index in [2.05, 4.69) is 0 Å². The van der Waals surface area contributed by atoms with Crippen LogP contribution in [0.2, 0.25) is 10.0 Å². The molecule has 1 aromatic carbocycles. The molecule has 1 fully saturated rings. The van der Waals surface area contributed by atoms with E-state index in [1.165, 1.54) is 23.3 Å². The molecular weight excluding hydrogens is 261 g/mol. The molecule has 1 aliphatic rings. The van der Waals surface area contributed by atoms with Gasteiger partial charge in [0.05, 0.1) is 9.72 Å². The Balaban J connectivity index is 2.39. The molecule has 1 saturated carbocycles. The Morgan fingerprint density at radius 2 is 1.94 bits per heavy atom. The molecule has 84 valence electrons. The number of hydrogen-bond donors (Lipinski definition) is 1. The molecule has 2 N–H and O–H groups in total. The standard InChI is InChI=1S/C12H11Cl2NS/c13-7-3-4-8(14)12-11(7)10(6-1-2-6)9(5-15)16-12/h3-4,6H,1-2,5,15H2. The number of rotatable bonds is 2. The van der Waals surface area contributed by atoms with Crippen LogP contribution in [-0.4, -0.2) is 0 Å². The van der Waals surface area contributed by atoms with Gasteiger partial charge in [0, 0.05) is 21.8 Å². The van der Waals surface area contributed by atoms with Crippen molar-refractivity contribution in [2.75, 3.05) is 0 Å². The minimum atomic E-state index is 0.581. The van der Waals surface area contributed by atoms with Crippen LogP contribution in [0.1, 0.15) is 29.2 Å². The van der Waals surface area contributed by atoms with Crippen molar-refractivity contribution >= 4 is 44.6 Å². The van der Waals surface area contributed by atoms with Gasteiger partial charge in [0.1, 0.15) is 0 Å². The molecule has 1 aromatic heterocycles. The highest BCUT2D eigenvalue weighted by molar-refractivity contribution is 7.20. The minimum Gasteiger partial charge on any atom is -0.326 e. The van der Waals surface area contributed by atoms with Crippen molar-refractivity contribution in [2.45, 2.75) is 25.3 Å². The largest absolute Gasteiger partial charge is 0.326 e. The molecule has 4 heteroatoms. The van der Waals surface area contributed by atoms with E-state index in [0.717, 1.165) is 20.1 Å². The van der Waals surface area contributed by atoms with Crippen molar-refractivity contribution in [3.63, 3.8) is 0 Å². The zero-order valence-corrected chi connectivity index (χ0v) is 10.9. The first kappa shape index (κ1) is 10.8. The molecule has 0 bridgehead atoms. The molecule has 0 amide bonds. The lowest BCUT2D eigenvalue weighted by atomic mass is 10.1. The van der Waals surface area contributed by atoms with Gasteiger partial charge in [-0.25, -0.2) is 0 Å². The van der Waals surface area contributed by atoms with Gasteiger partial charge in [0.2, 0.25) is 0 Å². The van der Waals surface area contributed by atoms with Crippen molar-refractivity contribution in [1.82, 2.24) is 0 Å². The Kier molecular flexibility index (Phi) is 2.63. The van der Waals surface area contributed by atoms with Gasteiger partial charge in [-0.05, 0) is 36.5 Å². The summed E-state index contributed by atoms with van der Waals surface area (Å²) in [5.74, 6) is 0.656. The number of thiophene rings is 1. The van der Waals surface area contributed by atoms with E-state index in [1.54, 1.807) is 11.3 Å². The molecule has 0 saturated heterocycles. The Morgan fingerprint density at radius 1 is 1.25 bits per heavy atom. The Morgan fingerprint density at radius 3 is 2.56 bits per heavy atom. The van der Waals surface area contributed by atoms with Gasteiger partial charge in [-0.2, -0.15) is 0 Å². The maximum Gasteiger partial charge on any atom is 0.0585 e. The highest BCUT2D eigenvalue weighted by atomic mass is 35.5. The minimum absolute atomic E-state index is 0.581. The second-order valence-electron chi connectivity index (χ2n) is 4.15. The first-order valence-electron chi connectivity index (χ1n) is 5.31. The summed E-state index contributed by atoms with van der Waals surface area (Å²) in [6, 6.07) is 3.74. The summed E-state index contributed by atoms with van der Waals surface area (Å²) in [5.41, 5.74) is 7.16. The fourth-order valence-electron chi connectivity index (χ4n) is 2.16. The van der Waals surface area contributed by atoms with Gasteiger partial charge in [-0.3, -0.25) is 0 Å². The van der Waals surface area contributed by atoms with Crippen LogP contribution in [0.25, 0.3) is 10.1 Å². The van der Waals surface area contributed by atoms with E-state index in [9.17, 15) is 0 Å². The third kappa shape index (κ3) is 1.56. The lowest BCUT2D eigenvalue weighted by molar-refractivity contribution is 1.04. The van der Waals surface area contributed by atoms with Gasteiger partial charge < -0.3 is 5.73 Å². The lowest BCUT2D eigenvalue weighted by Gasteiger charge is -2.02. The van der Waals surface area contributed by atoms with Crippen LogP contribution < -0.4 is 5.73 Å². The van der Waals surface area contributed by atoms with Crippen molar-refractivity contribution in [2.24, 2.45) is 5.73 Å². The van der Waals surface area contributed by atoms with Crippen LogP contribution in [0, 0.1) is 0 Å². The molecule has 0 radical (unpaired) electrons. The van der Waals surface area contributed by atoms with Crippen molar-refractivity contribution in [3.8, 4) is 0 Å². The topological polar surface area (TPSA) is 26.0 Å². The van der Waals surface area contributed by atoms with Crippen LogP contribution in [-0.2, 0) is 6.54 Å². The molecule has 1 nitrogen and oxygen atoms in total. The maximum atomic E-state index is 6.28. The Labute approximate surface area is 108 Å². The summed E-state index contributed by atoms with van der Waals surface area (Å²) in [5, 5.41) is 2.73. The zero-order chi connectivity index (χ0) is 11.3. The molecule has 0 atom stereocenters. The van der Waals surface area contributed by atoms with E-state index < -0.39 is 0 Å².